The molecule has 0 amide bonds. The molecule has 100 valence electrons. The lowest BCUT2D eigenvalue weighted by molar-refractivity contribution is 0.354. The van der Waals surface area contributed by atoms with Gasteiger partial charge in [-0.25, -0.2) is 5.84 Å². The highest BCUT2D eigenvalue weighted by Gasteiger charge is 2.30. The second-order valence-electron chi connectivity index (χ2n) is 6.23. The van der Waals surface area contributed by atoms with E-state index in [1.54, 1.807) is 0 Å². The van der Waals surface area contributed by atoms with Gasteiger partial charge in [-0.3, -0.25) is 0 Å². The SMILES string of the molecule is CC1(C)CCC(CCN(N)c2ccc(Cl)cc2)C1. The normalized spacial score (nSPS) is 22.1. The topological polar surface area (TPSA) is 29.3 Å². The summed E-state index contributed by atoms with van der Waals surface area (Å²) in [5.41, 5.74) is 1.57. The second-order valence-corrected chi connectivity index (χ2v) is 6.67. The minimum Gasteiger partial charge on any atom is -0.311 e. The maximum atomic E-state index is 6.08. The largest absolute Gasteiger partial charge is 0.311 e. The van der Waals surface area contributed by atoms with Gasteiger partial charge < -0.3 is 5.01 Å². The molecule has 1 unspecified atom stereocenters. The summed E-state index contributed by atoms with van der Waals surface area (Å²) in [5, 5.41) is 2.59. The first kappa shape index (κ1) is 13.7. The Morgan fingerprint density at radius 2 is 2.00 bits per heavy atom. The Balaban J connectivity index is 1.82. The number of rotatable bonds is 4. The Hall–Kier alpha value is -0.730. The number of nitrogens with zero attached hydrogens (tertiary/aromatic N) is 1. The molecule has 0 bridgehead atoms. The molecule has 2 rings (SSSR count). The Bertz CT molecular complexity index is 386. The average Bonchev–Trinajstić information content (AvgIpc) is 2.67. The van der Waals surface area contributed by atoms with Crippen molar-refractivity contribution in [3.63, 3.8) is 0 Å². The van der Waals surface area contributed by atoms with Gasteiger partial charge in [0, 0.05) is 11.6 Å². The maximum absolute atomic E-state index is 6.08. The lowest BCUT2D eigenvalue weighted by Crippen LogP contribution is -2.32. The van der Waals surface area contributed by atoms with Crippen LogP contribution in [0.25, 0.3) is 0 Å². The van der Waals surface area contributed by atoms with Crippen molar-refractivity contribution in [2.45, 2.75) is 39.5 Å². The first-order valence-electron chi connectivity index (χ1n) is 6.74. The molecule has 0 aliphatic heterocycles. The fourth-order valence-corrected chi connectivity index (χ4v) is 3.04. The summed E-state index contributed by atoms with van der Waals surface area (Å²) in [6.07, 6.45) is 5.22. The molecule has 1 aromatic rings. The zero-order valence-electron chi connectivity index (χ0n) is 11.3. The van der Waals surface area contributed by atoms with E-state index in [-0.39, 0.29) is 0 Å². The Morgan fingerprint density at radius 1 is 1.33 bits per heavy atom. The average molecular weight is 267 g/mol. The van der Waals surface area contributed by atoms with E-state index >= 15 is 0 Å². The third kappa shape index (κ3) is 3.63. The lowest BCUT2D eigenvalue weighted by Gasteiger charge is -2.22. The van der Waals surface area contributed by atoms with Gasteiger partial charge >= 0.3 is 0 Å². The van der Waals surface area contributed by atoms with Crippen LogP contribution < -0.4 is 10.9 Å². The van der Waals surface area contributed by atoms with Gasteiger partial charge in [0.2, 0.25) is 0 Å². The predicted molar refractivity (Wildman–Crippen MR) is 78.7 cm³/mol. The fourth-order valence-electron chi connectivity index (χ4n) is 2.91. The zero-order chi connectivity index (χ0) is 13.2. The number of nitrogens with two attached hydrogens (primary N) is 1. The number of hydrazine groups is 1. The van der Waals surface area contributed by atoms with Gasteiger partial charge in [-0.1, -0.05) is 25.4 Å². The number of halogens is 1. The zero-order valence-corrected chi connectivity index (χ0v) is 12.1. The van der Waals surface area contributed by atoms with Crippen LogP contribution in [0, 0.1) is 11.3 Å². The minimum absolute atomic E-state index is 0.532. The van der Waals surface area contributed by atoms with E-state index in [0.717, 1.165) is 23.2 Å². The summed E-state index contributed by atoms with van der Waals surface area (Å²) in [4.78, 5) is 0. The van der Waals surface area contributed by atoms with Crippen LogP contribution in [0.2, 0.25) is 5.02 Å². The summed E-state index contributed by atoms with van der Waals surface area (Å²) >= 11 is 5.87. The molecule has 1 fully saturated rings. The first-order chi connectivity index (χ1) is 8.46. The van der Waals surface area contributed by atoms with Gasteiger partial charge in [-0.05, 0) is 61.3 Å². The maximum Gasteiger partial charge on any atom is 0.0518 e. The number of anilines is 1. The second kappa shape index (κ2) is 5.50. The summed E-state index contributed by atoms with van der Waals surface area (Å²) in [5.74, 6) is 6.91. The van der Waals surface area contributed by atoms with E-state index in [2.05, 4.69) is 13.8 Å². The van der Waals surface area contributed by atoms with Crippen LogP contribution in [0.5, 0.6) is 0 Å². The van der Waals surface area contributed by atoms with Crippen LogP contribution in [0.1, 0.15) is 39.5 Å². The number of hydrogen-bond acceptors (Lipinski definition) is 2. The standard InChI is InChI=1S/C15H23ClN2/c1-15(2)9-7-12(11-15)8-10-18(17)14-5-3-13(16)4-6-14/h3-6,12H,7-11,17H2,1-2H3. The number of benzene rings is 1. The molecule has 0 aromatic heterocycles. The van der Waals surface area contributed by atoms with Crippen molar-refractivity contribution in [2.24, 2.45) is 17.2 Å². The molecule has 0 saturated heterocycles. The van der Waals surface area contributed by atoms with Crippen molar-refractivity contribution >= 4 is 17.3 Å². The molecular formula is C15H23ClN2. The Morgan fingerprint density at radius 3 is 2.56 bits per heavy atom. The van der Waals surface area contributed by atoms with Crippen molar-refractivity contribution in [2.75, 3.05) is 11.6 Å². The predicted octanol–water partition coefficient (Wildman–Crippen LogP) is 4.24. The molecular weight excluding hydrogens is 244 g/mol. The van der Waals surface area contributed by atoms with Crippen LogP contribution in [-0.2, 0) is 0 Å². The van der Waals surface area contributed by atoms with Crippen molar-refractivity contribution < 1.29 is 0 Å². The Labute approximate surface area is 115 Å². The van der Waals surface area contributed by atoms with E-state index in [4.69, 9.17) is 17.4 Å². The molecule has 18 heavy (non-hydrogen) atoms. The highest BCUT2D eigenvalue weighted by Crippen LogP contribution is 2.42. The molecule has 0 radical (unpaired) electrons. The van der Waals surface area contributed by atoms with Crippen LogP contribution in [0.4, 0.5) is 5.69 Å². The summed E-state index contributed by atoms with van der Waals surface area (Å²) in [7, 11) is 0. The highest BCUT2D eigenvalue weighted by atomic mass is 35.5. The van der Waals surface area contributed by atoms with Gasteiger partial charge in [0.15, 0.2) is 0 Å². The molecule has 3 heteroatoms. The molecule has 1 aliphatic carbocycles. The summed E-state index contributed by atoms with van der Waals surface area (Å²) < 4.78 is 0. The quantitative estimate of drug-likeness (QED) is 0.653. The Kier molecular flexibility index (Phi) is 4.18. The summed E-state index contributed by atoms with van der Waals surface area (Å²) in [6.45, 7) is 5.65. The molecule has 2 nitrogen and oxygen atoms in total. The van der Waals surface area contributed by atoms with Gasteiger partial charge in [0.25, 0.3) is 0 Å². The van der Waals surface area contributed by atoms with E-state index < -0.39 is 0 Å². The minimum atomic E-state index is 0.532. The van der Waals surface area contributed by atoms with Crippen molar-refractivity contribution in [1.82, 2.24) is 0 Å². The smallest absolute Gasteiger partial charge is 0.0518 e. The van der Waals surface area contributed by atoms with Crippen LogP contribution in [-0.4, -0.2) is 6.54 Å². The third-order valence-corrected chi connectivity index (χ3v) is 4.26. The van der Waals surface area contributed by atoms with Crippen LogP contribution in [0.15, 0.2) is 24.3 Å². The van der Waals surface area contributed by atoms with Crippen LogP contribution in [0.3, 0.4) is 0 Å². The van der Waals surface area contributed by atoms with E-state index in [9.17, 15) is 0 Å². The van der Waals surface area contributed by atoms with E-state index in [1.807, 2.05) is 29.3 Å². The summed E-state index contributed by atoms with van der Waals surface area (Å²) in [6, 6.07) is 7.71. The van der Waals surface area contributed by atoms with Gasteiger partial charge in [-0.15, -0.1) is 0 Å². The molecule has 1 aliphatic rings. The monoisotopic (exact) mass is 266 g/mol. The van der Waals surface area contributed by atoms with E-state index in [0.29, 0.717) is 5.41 Å². The molecule has 0 spiro atoms. The molecule has 2 N–H and O–H groups in total. The van der Waals surface area contributed by atoms with Crippen molar-refractivity contribution in [3.8, 4) is 0 Å². The molecule has 1 saturated carbocycles. The molecule has 0 heterocycles. The first-order valence-corrected chi connectivity index (χ1v) is 7.12. The van der Waals surface area contributed by atoms with Crippen molar-refractivity contribution in [3.05, 3.63) is 29.3 Å². The third-order valence-electron chi connectivity index (χ3n) is 4.01. The highest BCUT2D eigenvalue weighted by molar-refractivity contribution is 6.30. The van der Waals surface area contributed by atoms with Crippen molar-refractivity contribution in [1.29, 1.82) is 0 Å². The lowest BCUT2D eigenvalue weighted by atomic mass is 9.90. The van der Waals surface area contributed by atoms with Gasteiger partial charge in [-0.2, -0.15) is 0 Å². The van der Waals surface area contributed by atoms with Gasteiger partial charge in [0.05, 0.1) is 5.69 Å². The number of hydrogen-bond donors (Lipinski definition) is 1. The van der Waals surface area contributed by atoms with Crippen LogP contribution >= 0.6 is 11.6 Å². The fraction of sp³-hybridized carbons (Fsp3) is 0.600. The van der Waals surface area contributed by atoms with E-state index in [1.165, 1.54) is 25.7 Å². The molecule has 1 atom stereocenters. The molecule has 1 aromatic carbocycles. The van der Waals surface area contributed by atoms with Gasteiger partial charge in [0.1, 0.15) is 0 Å².